The SMILES string of the molecule is COC(=O)[C@H]1C=C[C@@H](SC)[C@H]2C(=O)OC(=O)[C@H]21. The maximum Gasteiger partial charge on any atom is 0.318 e. The lowest BCUT2D eigenvalue weighted by molar-refractivity contribution is -0.156. The van der Waals surface area contributed by atoms with Crippen molar-refractivity contribution in [2.24, 2.45) is 17.8 Å². The summed E-state index contributed by atoms with van der Waals surface area (Å²) in [6, 6.07) is 0. The average Bonchev–Trinajstić information content (AvgIpc) is 2.64. The smallest absolute Gasteiger partial charge is 0.318 e. The van der Waals surface area contributed by atoms with Crippen molar-refractivity contribution >= 4 is 29.7 Å². The molecule has 6 heteroatoms. The second-order valence-electron chi connectivity index (χ2n) is 3.93. The van der Waals surface area contributed by atoms with Crippen molar-refractivity contribution in [1.82, 2.24) is 0 Å². The van der Waals surface area contributed by atoms with E-state index in [-0.39, 0.29) is 5.25 Å². The summed E-state index contributed by atoms with van der Waals surface area (Å²) in [4.78, 5) is 34.8. The molecule has 17 heavy (non-hydrogen) atoms. The Morgan fingerprint density at radius 3 is 2.53 bits per heavy atom. The van der Waals surface area contributed by atoms with E-state index in [0.717, 1.165) is 0 Å². The molecule has 1 fully saturated rings. The molecule has 1 heterocycles. The number of carbonyl (C=O) groups excluding carboxylic acids is 3. The number of cyclic esters (lactones) is 2. The van der Waals surface area contributed by atoms with Gasteiger partial charge in [0.05, 0.1) is 24.9 Å². The highest BCUT2D eigenvalue weighted by atomic mass is 32.2. The fourth-order valence-corrected chi connectivity index (χ4v) is 3.11. The molecule has 0 saturated carbocycles. The second-order valence-corrected chi connectivity index (χ2v) is 4.94. The van der Waals surface area contributed by atoms with Gasteiger partial charge in [-0.05, 0) is 6.26 Å². The van der Waals surface area contributed by atoms with Crippen molar-refractivity contribution in [3.63, 3.8) is 0 Å². The minimum atomic E-state index is -0.739. The number of hydrogen-bond acceptors (Lipinski definition) is 6. The van der Waals surface area contributed by atoms with Crippen molar-refractivity contribution in [2.45, 2.75) is 5.25 Å². The van der Waals surface area contributed by atoms with Gasteiger partial charge in [0.15, 0.2) is 0 Å². The Morgan fingerprint density at radius 2 is 1.94 bits per heavy atom. The Morgan fingerprint density at radius 1 is 1.29 bits per heavy atom. The van der Waals surface area contributed by atoms with Crippen LogP contribution in [0.4, 0.5) is 0 Å². The zero-order valence-corrected chi connectivity index (χ0v) is 10.2. The number of ether oxygens (including phenoxy) is 2. The molecule has 0 aromatic heterocycles. The number of methoxy groups -OCH3 is 1. The molecule has 0 aromatic carbocycles. The fourth-order valence-electron chi connectivity index (χ4n) is 2.29. The topological polar surface area (TPSA) is 69.7 Å². The van der Waals surface area contributed by atoms with E-state index >= 15 is 0 Å². The van der Waals surface area contributed by atoms with E-state index in [1.807, 2.05) is 6.26 Å². The summed E-state index contributed by atoms with van der Waals surface area (Å²) >= 11 is 1.46. The average molecular weight is 256 g/mol. The largest absolute Gasteiger partial charge is 0.469 e. The van der Waals surface area contributed by atoms with E-state index in [1.165, 1.54) is 18.9 Å². The maximum absolute atomic E-state index is 11.6. The minimum Gasteiger partial charge on any atom is -0.469 e. The van der Waals surface area contributed by atoms with E-state index in [4.69, 9.17) is 0 Å². The van der Waals surface area contributed by atoms with Crippen molar-refractivity contribution in [2.75, 3.05) is 13.4 Å². The first-order valence-electron chi connectivity index (χ1n) is 5.14. The molecular formula is C11H12O5S. The lowest BCUT2D eigenvalue weighted by atomic mass is 9.77. The molecule has 2 aliphatic rings. The lowest BCUT2D eigenvalue weighted by Crippen LogP contribution is -2.39. The first-order valence-corrected chi connectivity index (χ1v) is 6.43. The van der Waals surface area contributed by atoms with Crippen LogP contribution in [0.25, 0.3) is 0 Å². The van der Waals surface area contributed by atoms with E-state index in [2.05, 4.69) is 9.47 Å². The van der Waals surface area contributed by atoms with Crippen molar-refractivity contribution in [1.29, 1.82) is 0 Å². The minimum absolute atomic E-state index is 0.125. The van der Waals surface area contributed by atoms with Gasteiger partial charge in [0, 0.05) is 5.25 Å². The Bertz CT molecular complexity index is 403. The van der Waals surface area contributed by atoms with Gasteiger partial charge >= 0.3 is 17.9 Å². The summed E-state index contributed by atoms with van der Waals surface area (Å²) in [5.41, 5.74) is 0. The first kappa shape index (κ1) is 12.2. The van der Waals surface area contributed by atoms with Crippen molar-refractivity contribution in [3.8, 4) is 0 Å². The van der Waals surface area contributed by atoms with E-state index < -0.39 is 35.7 Å². The van der Waals surface area contributed by atoms with E-state index in [1.54, 1.807) is 12.2 Å². The molecule has 4 atom stereocenters. The van der Waals surface area contributed by atoms with Gasteiger partial charge in [-0.2, -0.15) is 11.8 Å². The second kappa shape index (κ2) is 4.52. The lowest BCUT2D eigenvalue weighted by Gasteiger charge is -2.28. The van der Waals surface area contributed by atoms with Crippen LogP contribution in [-0.2, 0) is 23.9 Å². The maximum atomic E-state index is 11.6. The molecule has 2 rings (SSSR count). The van der Waals surface area contributed by atoms with Crippen LogP contribution in [-0.4, -0.2) is 36.5 Å². The van der Waals surface area contributed by atoms with Gasteiger partial charge in [0.1, 0.15) is 0 Å². The monoisotopic (exact) mass is 256 g/mol. The summed E-state index contributed by atoms with van der Waals surface area (Å²) in [6.45, 7) is 0. The number of esters is 3. The highest BCUT2D eigenvalue weighted by Crippen LogP contribution is 2.41. The molecule has 92 valence electrons. The van der Waals surface area contributed by atoms with Gasteiger partial charge in [0.25, 0.3) is 0 Å². The van der Waals surface area contributed by atoms with Gasteiger partial charge in [-0.3, -0.25) is 14.4 Å². The molecule has 0 amide bonds. The Hall–Kier alpha value is -1.30. The summed E-state index contributed by atoms with van der Waals surface area (Å²) in [7, 11) is 1.26. The molecule has 0 radical (unpaired) electrons. The summed E-state index contributed by atoms with van der Waals surface area (Å²) in [5.74, 6) is -3.71. The molecule has 5 nitrogen and oxygen atoms in total. The summed E-state index contributed by atoms with van der Waals surface area (Å²) in [6.07, 6.45) is 5.25. The Labute approximate surface area is 103 Å². The van der Waals surface area contributed by atoms with Crippen LogP contribution in [0.1, 0.15) is 0 Å². The number of rotatable bonds is 2. The normalized spacial score (nSPS) is 35.4. The highest BCUT2D eigenvalue weighted by molar-refractivity contribution is 7.99. The predicted molar refractivity (Wildman–Crippen MR) is 60.0 cm³/mol. The quantitative estimate of drug-likeness (QED) is 0.404. The Kier molecular flexibility index (Phi) is 3.24. The van der Waals surface area contributed by atoms with Crippen LogP contribution in [0.15, 0.2) is 12.2 Å². The van der Waals surface area contributed by atoms with Gasteiger partial charge in [-0.15, -0.1) is 0 Å². The van der Waals surface area contributed by atoms with Crippen LogP contribution < -0.4 is 0 Å². The molecular weight excluding hydrogens is 244 g/mol. The van der Waals surface area contributed by atoms with Crippen LogP contribution in [0.5, 0.6) is 0 Å². The first-order chi connectivity index (χ1) is 8.10. The third-order valence-corrected chi connectivity index (χ3v) is 4.12. The fraction of sp³-hybridized carbons (Fsp3) is 0.545. The standard InChI is InChI=1S/C11H12O5S/c1-15-9(12)5-3-4-6(17-2)8-7(5)10(13)16-11(8)14/h3-8H,1-2H3/t5-,6+,7-,8+/m0/s1. The van der Waals surface area contributed by atoms with Crippen molar-refractivity contribution < 1.29 is 23.9 Å². The van der Waals surface area contributed by atoms with Gasteiger partial charge in [-0.25, -0.2) is 0 Å². The summed E-state index contributed by atoms with van der Waals surface area (Å²) in [5, 5.41) is -0.125. The molecule has 0 N–H and O–H groups in total. The molecule has 0 spiro atoms. The summed E-state index contributed by atoms with van der Waals surface area (Å²) < 4.78 is 9.26. The van der Waals surface area contributed by atoms with E-state index in [9.17, 15) is 14.4 Å². The third-order valence-electron chi connectivity index (χ3n) is 3.13. The van der Waals surface area contributed by atoms with Crippen LogP contribution in [0, 0.1) is 17.8 Å². The van der Waals surface area contributed by atoms with Crippen molar-refractivity contribution in [3.05, 3.63) is 12.2 Å². The molecule has 0 aromatic rings. The van der Waals surface area contributed by atoms with Crippen LogP contribution in [0.3, 0.4) is 0 Å². The zero-order chi connectivity index (χ0) is 12.6. The number of carbonyl (C=O) groups is 3. The molecule has 1 aliphatic heterocycles. The molecule has 0 unspecified atom stereocenters. The number of thioether (sulfide) groups is 1. The predicted octanol–water partition coefficient (Wildman–Crippen LogP) is 0.393. The molecule has 1 aliphatic carbocycles. The molecule has 0 bridgehead atoms. The van der Waals surface area contributed by atoms with E-state index in [0.29, 0.717) is 0 Å². The highest BCUT2D eigenvalue weighted by Gasteiger charge is 2.54. The zero-order valence-electron chi connectivity index (χ0n) is 9.41. The number of fused-ring (bicyclic) bond motifs is 1. The molecule has 1 saturated heterocycles. The van der Waals surface area contributed by atoms with Crippen LogP contribution >= 0.6 is 11.8 Å². The van der Waals surface area contributed by atoms with Crippen LogP contribution in [0.2, 0.25) is 0 Å². The van der Waals surface area contributed by atoms with Gasteiger partial charge in [0.2, 0.25) is 0 Å². The Balaban J connectivity index is 2.37. The third kappa shape index (κ3) is 1.86. The number of hydrogen-bond donors (Lipinski definition) is 0. The van der Waals surface area contributed by atoms with Gasteiger partial charge < -0.3 is 9.47 Å². The van der Waals surface area contributed by atoms with Gasteiger partial charge in [-0.1, -0.05) is 12.2 Å².